The molecule has 2 aromatic carbocycles. The minimum atomic E-state index is 0.904. The molecule has 0 amide bonds. The van der Waals surface area contributed by atoms with Crippen molar-refractivity contribution < 1.29 is 0 Å². The Balaban J connectivity index is 2.13. The van der Waals surface area contributed by atoms with E-state index in [4.69, 9.17) is 0 Å². The summed E-state index contributed by atoms with van der Waals surface area (Å²) in [7, 11) is 0. The fourth-order valence-corrected chi connectivity index (χ4v) is 2.27. The molecule has 1 radical (unpaired) electrons. The highest BCUT2D eigenvalue weighted by Crippen LogP contribution is 2.29. The standard InChI is InChI=1S/C14H9N2S/c1-3-7-11(8-4-1)13-14(16-17-15-13)12-9-5-2-6-10-12/h1-9H. The minimum absolute atomic E-state index is 0.904. The van der Waals surface area contributed by atoms with E-state index in [0.29, 0.717) is 0 Å². The summed E-state index contributed by atoms with van der Waals surface area (Å²) in [6, 6.07) is 21.1. The summed E-state index contributed by atoms with van der Waals surface area (Å²) in [6.07, 6.45) is 0. The van der Waals surface area contributed by atoms with E-state index in [9.17, 15) is 0 Å². The minimum Gasteiger partial charge on any atom is -0.172 e. The van der Waals surface area contributed by atoms with E-state index in [2.05, 4.69) is 14.8 Å². The first kappa shape index (κ1) is 10.2. The first-order chi connectivity index (χ1) is 8.45. The van der Waals surface area contributed by atoms with Crippen LogP contribution in [0.15, 0.2) is 54.6 Å². The Morgan fingerprint density at radius 1 is 0.824 bits per heavy atom. The van der Waals surface area contributed by atoms with Crippen LogP contribution >= 0.6 is 11.7 Å². The SMILES string of the molecule is [c]1ccccc1-c1nsnc1-c1ccccc1. The molecule has 0 spiro atoms. The Hall–Kier alpha value is -2.00. The zero-order valence-electron chi connectivity index (χ0n) is 9.00. The topological polar surface area (TPSA) is 25.8 Å². The molecule has 81 valence electrons. The summed E-state index contributed by atoms with van der Waals surface area (Å²) in [5.74, 6) is 0. The molecule has 3 heteroatoms. The van der Waals surface area contributed by atoms with Gasteiger partial charge >= 0.3 is 0 Å². The third kappa shape index (κ3) is 1.97. The zero-order chi connectivity index (χ0) is 11.5. The lowest BCUT2D eigenvalue weighted by Crippen LogP contribution is -1.83. The van der Waals surface area contributed by atoms with Gasteiger partial charge in [-0.25, -0.2) is 0 Å². The summed E-state index contributed by atoms with van der Waals surface area (Å²) in [5.41, 5.74) is 3.91. The molecule has 1 aromatic heterocycles. The molecule has 1 heterocycles. The Bertz CT molecular complexity index is 548. The lowest BCUT2D eigenvalue weighted by atomic mass is 10.1. The molecule has 2 nitrogen and oxygen atoms in total. The number of hydrogen-bond donors (Lipinski definition) is 0. The van der Waals surface area contributed by atoms with E-state index in [1.54, 1.807) is 0 Å². The molecular formula is C14H9N2S. The predicted molar refractivity (Wildman–Crippen MR) is 69.6 cm³/mol. The molecule has 0 fully saturated rings. The predicted octanol–water partition coefficient (Wildman–Crippen LogP) is 3.67. The molecule has 0 aliphatic carbocycles. The maximum Gasteiger partial charge on any atom is 0.113 e. The van der Waals surface area contributed by atoms with Gasteiger partial charge in [-0.1, -0.05) is 54.6 Å². The van der Waals surface area contributed by atoms with Gasteiger partial charge in [0, 0.05) is 11.1 Å². The van der Waals surface area contributed by atoms with Crippen LogP contribution in [0, 0.1) is 6.07 Å². The van der Waals surface area contributed by atoms with E-state index in [0.717, 1.165) is 22.5 Å². The summed E-state index contributed by atoms with van der Waals surface area (Å²) < 4.78 is 8.74. The maximum atomic E-state index is 4.37. The highest BCUT2D eigenvalue weighted by molar-refractivity contribution is 6.99. The van der Waals surface area contributed by atoms with Crippen LogP contribution in [-0.2, 0) is 0 Å². The van der Waals surface area contributed by atoms with Crippen LogP contribution in [0.4, 0.5) is 0 Å². The molecule has 0 aliphatic rings. The van der Waals surface area contributed by atoms with Crippen molar-refractivity contribution in [1.82, 2.24) is 8.75 Å². The van der Waals surface area contributed by atoms with Crippen LogP contribution in [0.5, 0.6) is 0 Å². The van der Waals surface area contributed by atoms with Crippen molar-refractivity contribution in [3.8, 4) is 22.5 Å². The van der Waals surface area contributed by atoms with E-state index in [1.807, 2.05) is 54.6 Å². The van der Waals surface area contributed by atoms with Gasteiger partial charge < -0.3 is 0 Å². The van der Waals surface area contributed by atoms with Gasteiger partial charge in [-0.15, -0.1) is 0 Å². The third-order valence-corrected chi connectivity index (χ3v) is 3.03. The highest BCUT2D eigenvalue weighted by atomic mass is 32.1. The van der Waals surface area contributed by atoms with Crippen LogP contribution < -0.4 is 0 Å². The fraction of sp³-hybridized carbons (Fsp3) is 0. The van der Waals surface area contributed by atoms with Crippen molar-refractivity contribution >= 4 is 11.7 Å². The Labute approximate surface area is 104 Å². The smallest absolute Gasteiger partial charge is 0.113 e. The zero-order valence-corrected chi connectivity index (χ0v) is 9.82. The second-order valence-electron chi connectivity index (χ2n) is 3.60. The molecule has 0 bridgehead atoms. The fourth-order valence-electron chi connectivity index (χ4n) is 1.69. The molecule has 0 saturated carbocycles. The molecule has 17 heavy (non-hydrogen) atoms. The number of benzene rings is 2. The van der Waals surface area contributed by atoms with Gasteiger partial charge in [-0.05, 0) is 6.07 Å². The van der Waals surface area contributed by atoms with Gasteiger partial charge in [0.25, 0.3) is 0 Å². The molecule has 3 aromatic rings. The van der Waals surface area contributed by atoms with Crippen LogP contribution in [0.2, 0.25) is 0 Å². The van der Waals surface area contributed by atoms with Crippen LogP contribution in [-0.4, -0.2) is 8.75 Å². The van der Waals surface area contributed by atoms with Gasteiger partial charge in [-0.2, -0.15) is 8.75 Å². The van der Waals surface area contributed by atoms with Crippen LogP contribution in [0.3, 0.4) is 0 Å². The summed E-state index contributed by atoms with van der Waals surface area (Å²) in [6.45, 7) is 0. The van der Waals surface area contributed by atoms with Gasteiger partial charge in [0.05, 0.1) is 11.7 Å². The van der Waals surface area contributed by atoms with Crippen molar-refractivity contribution in [3.63, 3.8) is 0 Å². The van der Waals surface area contributed by atoms with Gasteiger partial charge in [0.1, 0.15) is 11.4 Å². The third-order valence-electron chi connectivity index (χ3n) is 2.50. The largest absolute Gasteiger partial charge is 0.172 e. The monoisotopic (exact) mass is 237 g/mol. The van der Waals surface area contributed by atoms with Crippen molar-refractivity contribution in [1.29, 1.82) is 0 Å². The first-order valence-corrected chi connectivity index (χ1v) is 6.03. The Kier molecular flexibility index (Phi) is 2.68. The number of nitrogens with zero attached hydrogens (tertiary/aromatic N) is 2. The average Bonchev–Trinajstić information content (AvgIpc) is 2.90. The summed E-state index contributed by atoms with van der Waals surface area (Å²) >= 11 is 1.24. The van der Waals surface area contributed by atoms with E-state index < -0.39 is 0 Å². The van der Waals surface area contributed by atoms with Crippen LogP contribution in [0.1, 0.15) is 0 Å². The van der Waals surface area contributed by atoms with Crippen molar-refractivity contribution in [3.05, 3.63) is 60.7 Å². The second kappa shape index (κ2) is 4.47. The van der Waals surface area contributed by atoms with Crippen molar-refractivity contribution in [2.24, 2.45) is 0 Å². The highest BCUT2D eigenvalue weighted by Gasteiger charge is 2.11. The normalized spacial score (nSPS) is 10.4. The van der Waals surface area contributed by atoms with Crippen molar-refractivity contribution in [2.45, 2.75) is 0 Å². The Morgan fingerprint density at radius 3 is 2.35 bits per heavy atom. The maximum absolute atomic E-state index is 4.37. The Morgan fingerprint density at radius 2 is 1.59 bits per heavy atom. The molecule has 0 unspecified atom stereocenters. The average molecular weight is 237 g/mol. The van der Waals surface area contributed by atoms with Gasteiger partial charge in [-0.3, -0.25) is 0 Å². The summed E-state index contributed by atoms with van der Waals surface area (Å²) in [4.78, 5) is 0. The van der Waals surface area contributed by atoms with Gasteiger partial charge in [0.2, 0.25) is 0 Å². The molecule has 0 aliphatic heterocycles. The molecule has 3 rings (SSSR count). The number of aromatic nitrogens is 2. The second-order valence-corrected chi connectivity index (χ2v) is 4.13. The lowest BCUT2D eigenvalue weighted by Gasteiger charge is -2.00. The first-order valence-electron chi connectivity index (χ1n) is 5.30. The van der Waals surface area contributed by atoms with E-state index in [1.165, 1.54) is 11.7 Å². The van der Waals surface area contributed by atoms with E-state index >= 15 is 0 Å². The molecule has 0 saturated heterocycles. The molecular weight excluding hydrogens is 228 g/mol. The van der Waals surface area contributed by atoms with Crippen molar-refractivity contribution in [2.75, 3.05) is 0 Å². The summed E-state index contributed by atoms with van der Waals surface area (Å²) in [5, 5.41) is 0. The quantitative estimate of drug-likeness (QED) is 0.679. The number of hydrogen-bond acceptors (Lipinski definition) is 3. The lowest BCUT2D eigenvalue weighted by molar-refractivity contribution is 1.47. The molecule has 0 atom stereocenters. The van der Waals surface area contributed by atoms with E-state index in [-0.39, 0.29) is 0 Å². The number of rotatable bonds is 2. The molecule has 0 N–H and O–H groups in total. The van der Waals surface area contributed by atoms with Gasteiger partial charge in [0.15, 0.2) is 0 Å². The van der Waals surface area contributed by atoms with Crippen LogP contribution in [0.25, 0.3) is 22.5 Å².